The smallest absolute Gasteiger partial charge is 0.261 e. The van der Waals surface area contributed by atoms with E-state index in [1.807, 2.05) is 13.8 Å². The summed E-state index contributed by atoms with van der Waals surface area (Å²) in [6.07, 6.45) is 2.39. The Morgan fingerprint density at radius 1 is 1.65 bits per heavy atom. The first-order chi connectivity index (χ1) is 7.91. The quantitative estimate of drug-likeness (QED) is 0.855. The average molecular weight is 274 g/mol. The molecule has 6 heteroatoms. The van der Waals surface area contributed by atoms with Crippen molar-refractivity contribution in [2.24, 2.45) is 0 Å². The third-order valence-electron chi connectivity index (χ3n) is 2.58. The second-order valence-corrected chi connectivity index (χ2v) is 7.03. The van der Waals surface area contributed by atoms with Gasteiger partial charge in [0.1, 0.15) is 0 Å². The molecule has 2 unspecified atom stereocenters. The van der Waals surface area contributed by atoms with Gasteiger partial charge in [0.05, 0.1) is 4.88 Å². The molecule has 0 spiro atoms. The van der Waals surface area contributed by atoms with Crippen molar-refractivity contribution < 1.29 is 9.00 Å². The molecule has 2 atom stereocenters. The van der Waals surface area contributed by atoms with Crippen LogP contribution in [0.4, 0.5) is 5.69 Å². The van der Waals surface area contributed by atoms with Gasteiger partial charge in [0.2, 0.25) is 0 Å². The van der Waals surface area contributed by atoms with Crippen LogP contribution in [0.15, 0.2) is 6.07 Å². The summed E-state index contributed by atoms with van der Waals surface area (Å²) in [5.74, 6) is -0.108. The molecule has 1 rings (SSSR count). The van der Waals surface area contributed by atoms with Crippen LogP contribution >= 0.6 is 11.3 Å². The van der Waals surface area contributed by atoms with Gasteiger partial charge in [-0.1, -0.05) is 6.92 Å². The highest BCUT2D eigenvalue weighted by Gasteiger charge is 2.11. The van der Waals surface area contributed by atoms with Crippen molar-refractivity contribution in [3.05, 3.63) is 15.8 Å². The largest absolute Gasteiger partial charge is 0.398 e. The highest BCUT2D eigenvalue weighted by molar-refractivity contribution is 7.84. The second kappa shape index (κ2) is 6.16. The van der Waals surface area contributed by atoms with Crippen LogP contribution in [-0.2, 0) is 10.8 Å². The van der Waals surface area contributed by atoms with Crippen LogP contribution in [0.2, 0.25) is 0 Å². The Hall–Kier alpha value is -0.880. The molecule has 1 aromatic rings. The second-order valence-electron chi connectivity index (χ2n) is 3.98. The highest BCUT2D eigenvalue weighted by Crippen LogP contribution is 2.23. The Labute approximate surface area is 108 Å². The number of nitrogens with one attached hydrogen (secondary N) is 1. The summed E-state index contributed by atoms with van der Waals surface area (Å²) >= 11 is 1.39. The van der Waals surface area contributed by atoms with E-state index in [1.165, 1.54) is 11.3 Å². The van der Waals surface area contributed by atoms with Crippen LogP contribution in [0.1, 0.15) is 27.9 Å². The number of amides is 1. The van der Waals surface area contributed by atoms with Crippen molar-refractivity contribution in [2.75, 3.05) is 18.5 Å². The first-order valence-corrected chi connectivity index (χ1v) is 7.82. The zero-order valence-electron chi connectivity index (χ0n) is 10.3. The van der Waals surface area contributed by atoms with Crippen LogP contribution in [-0.4, -0.2) is 28.2 Å². The van der Waals surface area contributed by atoms with Crippen molar-refractivity contribution >= 4 is 33.7 Å². The van der Waals surface area contributed by atoms with Gasteiger partial charge in [-0.15, -0.1) is 11.3 Å². The zero-order chi connectivity index (χ0) is 13.0. The van der Waals surface area contributed by atoms with Crippen molar-refractivity contribution in [1.82, 2.24) is 5.32 Å². The van der Waals surface area contributed by atoms with Gasteiger partial charge in [0.25, 0.3) is 5.91 Å². The third kappa shape index (κ3) is 4.12. The molecule has 1 aromatic heterocycles. The fraction of sp³-hybridized carbons (Fsp3) is 0.545. The summed E-state index contributed by atoms with van der Waals surface area (Å²) in [5.41, 5.74) is 6.34. The van der Waals surface area contributed by atoms with Gasteiger partial charge in [-0.3, -0.25) is 9.00 Å². The molecular formula is C11H18N2O2S2. The van der Waals surface area contributed by atoms with Crippen LogP contribution in [0.3, 0.4) is 0 Å². The number of carbonyl (C=O) groups is 1. The normalized spacial score (nSPS) is 14.3. The summed E-state index contributed by atoms with van der Waals surface area (Å²) in [5, 5.41) is 2.91. The Bertz CT molecular complexity index is 410. The van der Waals surface area contributed by atoms with E-state index in [0.29, 0.717) is 23.5 Å². The van der Waals surface area contributed by atoms with Crippen LogP contribution in [0.5, 0.6) is 0 Å². The first kappa shape index (κ1) is 14.2. The molecular weight excluding hydrogens is 256 g/mol. The zero-order valence-corrected chi connectivity index (χ0v) is 11.9. The molecule has 0 aliphatic rings. The van der Waals surface area contributed by atoms with Crippen LogP contribution in [0, 0.1) is 6.92 Å². The minimum absolute atomic E-state index is 0.102. The molecule has 0 saturated carbocycles. The van der Waals surface area contributed by atoms with E-state index in [0.717, 1.165) is 4.88 Å². The fourth-order valence-corrected chi connectivity index (χ4v) is 2.56. The number of anilines is 1. The maximum Gasteiger partial charge on any atom is 0.261 e. The summed E-state index contributed by atoms with van der Waals surface area (Å²) in [6.45, 7) is 4.34. The fourth-order valence-electron chi connectivity index (χ4n) is 1.25. The van der Waals surface area contributed by atoms with Gasteiger partial charge in [-0.25, -0.2) is 0 Å². The van der Waals surface area contributed by atoms with E-state index in [2.05, 4.69) is 5.32 Å². The predicted molar refractivity (Wildman–Crippen MR) is 73.9 cm³/mol. The lowest BCUT2D eigenvalue weighted by molar-refractivity contribution is 0.0957. The van der Waals surface area contributed by atoms with E-state index in [1.54, 1.807) is 12.3 Å². The van der Waals surface area contributed by atoms with Crippen molar-refractivity contribution in [3.63, 3.8) is 0 Å². The number of thiophene rings is 1. The van der Waals surface area contributed by atoms with Crippen molar-refractivity contribution in [2.45, 2.75) is 25.5 Å². The molecule has 0 aliphatic heterocycles. The monoisotopic (exact) mass is 274 g/mol. The number of rotatable bonds is 5. The van der Waals surface area contributed by atoms with Gasteiger partial charge >= 0.3 is 0 Å². The average Bonchev–Trinajstić information content (AvgIpc) is 2.59. The third-order valence-corrected chi connectivity index (χ3v) is 5.02. The molecule has 96 valence electrons. The lowest BCUT2D eigenvalue weighted by atomic mass is 10.3. The van der Waals surface area contributed by atoms with Crippen molar-refractivity contribution in [1.29, 1.82) is 0 Å². The molecule has 0 fully saturated rings. The number of hydrogen-bond acceptors (Lipinski definition) is 4. The number of carbonyl (C=O) groups excluding carboxylic acids is 1. The molecule has 0 bridgehead atoms. The number of hydrogen-bond donors (Lipinski definition) is 2. The SMILES string of the molecule is Cc1sc(C(=O)NCCC(C)S(C)=O)cc1N. The summed E-state index contributed by atoms with van der Waals surface area (Å²) in [7, 11) is -0.838. The molecule has 0 aliphatic carbocycles. The van der Waals surface area contributed by atoms with E-state index in [4.69, 9.17) is 5.73 Å². The van der Waals surface area contributed by atoms with E-state index in [9.17, 15) is 9.00 Å². The summed E-state index contributed by atoms with van der Waals surface area (Å²) < 4.78 is 11.1. The standard InChI is InChI=1S/C11H18N2O2S2/c1-7(17(3)15)4-5-13-11(14)10-6-9(12)8(2)16-10/h6-7H,4-5,12H2,1-3H3,(H,13,14). The van der Waals surface area contributed by atoms with E-state index in [-0.39, 0.29) is 11.2 Å². The van der Waals surface area contributed by atoms with Gasteiger partial charge in [0.15, 0.2) is 0 Å². The van der Waals surface area contributed by atoms with E-state index < -0.39 is 10.8 Å². The molecule has 0 aromatic carbocycles. The Kier molecular flexibility index (Phi) is 5.14. The molecule has 0 radical (unpaired) electrons. The van der Waals surface area contributed by atoms with Gasteiger partial charge in [-0.2, -0.15) is 0 Å². The van der Waals surface area contributed by atoms with Crippen LogP contribution in [0.25, 0.3) is 0 Å². The van der Waals surface area contributed by atoms with Gasteiger partial charge in [0, 0.05) is 39.4 Å². The first-order valence-electron chi connectivity index (χ1n) is 5.38. The van der Waals surface area contributed by atoms with Gasteiger partial charge in [-0.05, 0) is 19.4 Å². The molecule has 4 nitrogen and oxygen atoms in total. The Morgan fingerprint density at radius 3 is 2.76 bits per heavy atom. The van der Waals surface area contributed by atoms with Gasteiger partial charge < -0.3 is 11.1 Å². The Balaban J connectivity index is 2.43. The number of nitrogens with two attached hydrogens (primary N) is 1. The summed E-state index contributed by atoms with van der Waals surface area (Å²) in [4.78, 5) is 13.3. The maximum absolute atomic E-state index is 11.7. The molecule has 3 N–H and O–H groups in total. The molecule has 1 amide bonds. The highest BCUT2D eigenvalue weighted by atomic mass is 32.2. The van der Waals surface area contributed by atoms with Crippen LogP contribution < -0.4 is 11.1 Å². The Morgan fingerprint density at radius 2 is 2.29 bits per heavy atom. The van der Waals surface area contributed by atoms with E-state index >= 15 is 0 Å². The lowest BCUT2D eigenvalue weighted by Crippen LogP contribution is -2.26. The molecule has 0 saturated heterocycles. The minimum atomic E-state index is -0.838. The minimum Gasteiger partial charge on any atom is -0.398 e. The summed E-state index contributed by atoms with van der Waals surface area (Å²) in [6, 6.07) is 1.69. The number of aryl methyl sites for hydroxylation is 1. The predicted octanol–water partition coefficient (Wildman–Crippen LogP) is 1.53. The lowest BCUT2D eigenvalue weighted by Gasteiger charge is -2.08. The maximum atomic E-state index is 11.7. The van der Waals surface area contributed by atoms with Crippen molar-refractivity contribution in [3.8, 4) is 0 Å². The topological polar surface area (TPSA) is 72.2 Å². The number of nitrogen functional groups attached to an aromatic ring is 1. The molecule has 1 heterocycles. The molecule has 17 heavy (non-hydrogen) atoms.